The van der Waals surface area contributed by atoms with Gasteiger partial charge in [0.2, 0.25) is 5.75 Å². The lowest BCUT2D eigenvalue weighted by Crippen LogP contribution is -2.06. The van der Waals surface area contributed by atoms with Gasteiger partial charge in [-0.1, -0.05) is 0 Å². The fraction of sp³-hybridized carbons (Fsp3) is 0. The van der Waals surface area contributed by atoms with Gasteiger partial charge < -0.3 is 4.84 Å². The number of hydrogen-bond acceptors (Lipinski definition) is 5. The van der Waals surface area contributed by atoms with Crippen LogP contribution in [-0.2, 0) is 0 Å². The van der Waals surface area contributed by atoms with Crippen molar-refractivity contribution in [2.75, 3.05) is 0 Å². The summed E-state index contributed by atoms with van der Waals surface area (Å²) < 4.78 is 13.4. The second-order valence-electron chi connectivity index (χ2n) is 2.98. The van der Waals surface area contributed by atoms with E-state index in [2.05, 4.69) is 9.82 Å². The lowest BCUT2D eigenvalue weighted by molar-refractivity contribution is -0.383. The van der Waals surface area contributed by atoms with Crippen molar-refractivity contribution < 1.29 is 14.2 Å². The molecular formula is C9H6FN3O3. The predicted molar refractivity (Wildman–Crippen MR) is 53.2 cm³/mol. The van der Waals surface area contributed by atoms with Crippen LogP contribution in [-0.4, -0.2) is 9.91 Å². The summed E-state index contributed by atoms with van der Waals surface area (Å²) in [5, 5.41) is 10.9. The standard InChI is InChI=1S/C9H6FN3O3/c10-6-4-7(13(14)15)5-2-1-3-12-8(5)9(6)16-11/h1-4H,11H2. The van der Waals surface area contributed by atoms with Crippen LogP contribution in [0.1, 0.15) is 0 Å². The van der Waals surface area contributed by atoms with Crippen LogP contribution in [0.15, 0.2) is 24.4 Å². The van der Waals surface area contributed by atoms with E-state index in [1.54, 1.807) is 0 Å². The van der Waals surface area contributed by atoms with Gasteiger partial charge in [-0.25, -0.2) is 4.39 Å². The molecule has 0 saturated carbocycles. The minimum absolute atomic E-state index is 0.0247. The van der Waals surface area contributed by atoms with E-state index in [0.29, 0.717) is 0 Å². The maximum atomic E-state index is 13.4. The molecule has 0 bridgehead atoms. The number of nitro groups is 1. The molecule has 0 atom stereocenters. The van der Waals surface area contributed by atoms with Gasteiger partial charge in [-0.2, -0.15) is 5.90 Å². The summed E-state index contributed by atoms with van der Waals surface area (Å²) >= 11 is 0. The Balaban J connectivity index is 2.91. The Kier molecular flexibility index (Phi) is 2.37. The van der Waals surface area contributed by atoms with Gasteiger partial charge in [-0.05, 0) is 12.1 Å². The first kappa shape index (κ1) is 10.2. The highest BCUT2D eigenvalue weighted by atomic mass is 19.1. The van der Waals surface area contributed by atoms with Crippen molar-refractivity contribution in [1.29, 1.82) is 0 Å². The third-order valence-corrected chi connectivity index (χ3v) is 2.09. The zero-order valence-corrected chi connectivity index (χ0v) is 7.88. The molecule has 0 spiro atoms. The third-order valence-electron chi connectivity index (χ3n) is 2.09. The molecule has 2 N–H and O–H groups in total. The van der Waals surface area contributed by atoms with E-state index in [-0.39, 0.29) is 22.3 Å². The van der Waals surface area contributed by atoms with E-state index >= 15 is 0 Å². The molecule has 1 aromatic heterocycles. The number of non-ortho nitro benzene ring substituents is 1. The topological polar surface area (TPSA) is 91.3 Å². The molecular weight excluding hydrogens is 217 g/mol. The van der Waals surface area contributed by atoms with Crippen LogP contribution < -0.4 is 10.7 Å². The van der Waals surface area contributed by atoms with Crippen molar-refractivity contribution in [3.63, 3.8) is 0 Å². The zero-order valence-electron chi connectivity index (χ0n) is 7.88. The molecule has 0 unspecified atom stereocenters. The van der Waals surface area contributed by atoms with Crippen molar-refractivity contribution >= 4 is 16.6 Å². The van der Waals surface area contributed by atoms with Gasteiger partial charge in [-0.3, -0.25) is 15.1 Å². The van der Waals surface area contributed by atoms with E-state index < -0.39 is 10.7 Å². The lowest BCUT2D eigenvalue weighted by Gasteiger charge is -2.05. The maximum absolute atomic E-state index is 13.4. The predicted octanol–water partition coefficient (Wildman–Crippen LogP) is 1.53. The number of pyridine rings is 1. The molecule has 6 nitrogen and oxygen atoms in total. The Morgan fingerprint density at radius 1 is 1.56 bits per heavy atom. The van der Waals surface area contributed by atoms with E-state index in [4.69, 9.17) is 5.90 Å². The number of nitrogens with two attached hydrogens (primary N) is 1. The van der Waals surface area contributed by atoms with Crippen molar-refractivity contribution in [3.8, 4) is 5.75 Å². The quantitative estimate of drug-likeness (QED) is 0.615. The van der Waals surface area contributed by atoms with Gasteiger partial charge in [0.1, 0.15) is 5.52 Å². The normalized spacial score (nSPS) is 10.4. The number of fused-ring (bicyclic) bond motifs is 1. The van der Waals surface area contributed by atoms with Crippen LogP contribution in [0.2, 0.25) is 0 Å². The van der Waals surface area contributed by atoms with Crippen molar-refractivity contribution in [2.45, 2.75) is 0 Å². The molecule has 2 rings (SSSR count). The second-order valence-corrected chi connectivity index (χ2v) is 2.98. The molecule has 0 fully saturated rings. The molecule has 7 heteroatoms. The first-order valence-corrected chi connectivity index (χ1v) is 4.23. The van der Waals surface area contributed by atoms with Gasteiger partial charge >= 0.3 is 0 Å². The molecule has 2 aromatic rings. The number of hydrogen-bond donors (Lipinski definition) is 1. The van der Waals surface area contributed by atoms with Crippen LogP contribution in [0.4, 0.5) is 10.1 Å². The summed E-state index contributed by atoms with van der Waals surface area (Å²) in [5.74, 6) is 3.67. The summed E-state index contributed by atoms with van der Waals surface area (Å²) in [5.41, 5.74) is -0.349. The van der Waals surface area contributed by atoms with E-state index in [1.165, 1.54) is 18.3 Å². The van der Waals surface area contributed by atoms with Gasteiger partial charge in [0, 0.05) is 6.20 Å². The Labute approximate surface area is 88.6 Å². The molecule has 1 aromatic carbocycles. The van der Waals surface area contributed by atoms with Gasteiger partial charge in [0.15, 0.2) is 5.82 Å². The summed E-state index contributed by atoms with van der Waals surface area (Å²) in [6, 6.07) is 3.71. The minimum Gasteiger partial charge on any atom is -0.406 e. The van der Waals surface area contributed by atoms with E-state index in [9.17, 15) is 14.5 Å². The summed E-state index contributed by atoms with van der Waals surface area (Å²) in [7, 11) is 0. The lowest BCUT2D eigenvalue weighted by atomic mass is 10.1. The number of nitro benzene ring substituents is 1. The van der Waals surface area contributed by atoms with E-state index in [0.717, 1.165) is 6.07 Å². The molecule has 0 aliphatic carbocycles. The minimum atomic E-state index is -0.916. The van der Waals surface area contributed by atoms with Gasteiger partial charge in [0.05, 0.1) is 16.4 Å². The molecule has 0 aliphatic rings. The average Bonchev–Trinajstić information content (AvgIpc) is 2.28. The molecule has 1 heterocycles. The summed E-state index contributed by atoms with van der Waals surface area (Å²) in [6.45, 7) is 0. The number of nitrogens with zero attached hydrogens (tertiary/aromatic N) is 2. The summed E-state index contributed by atoms with van der Waals surface area (Å²) in [6.07, 6.45) is 1.37. The van der Waals surface area contributed by atoms with Crippen LogP contribution in [0.5, 0.6) is 5.75 Å². The Morgan fingerprint density at radius 3 is 2.94 bits per heavy atom. The first-order chi connectivity index (χ1) is 7.65. The zero-order chi connectivity index (χ0) is 11.7. The highest BCUT2D eigenvalue weighted by Crippen LogP contribution is 2.33. The monoisotopic (exact) mass is 223 g/mol. The molecule has 0 saturated heterocycles. The Bertz CT molecular complexity index is 573. The number of halogens is 1. The third kappa shape index (κ3) is 1.43. The number of aromatic nitrogens is 1. The van der Waals surface area contributed by atoms with Gasteiger partial charge in [-0.15, -0.1) is 0 Å². The van der Waals surface area contributed by atoms with Crippen molar-refractivity contribution in [3.05, 3.63) is 40.3 Å². The van der Waals surface area contributed by atoms with Crippen LogP contribution in [0, 0.1) is 15.9 Å². The highest BCUT2D eigenvalue weighted by molar-refractivity contribution is 5.92. The molecule has 16 heavy (non-hydrogen) atoms. The number of rotatable bonds is 2. The maximum Gasteiger partial charge on any atom is 0.281 e. The van der Waals surface area contributed by atoms with Gasteiger partial charge in [0.25, 0.3) is 5.69 Å². The van der Waals surface area contributed by atoms with Crippen molar-refractivity contribution in [2.24, 2.45) is 5.90 Å². The summed E-state index contributed by atoms with van der Waals surface area (Å²) in [4.78, 5) is 18.2. The average molecular weight is 223 g/mol. The Hall–Kier alpha value is -2.28. The van der Waals surface area contributed by atoms with Crippen molar-refractivity contribution in [1.82, 2.24) is 4.98 Å². The van der Waals surface area contributed by atoms with Crippen LogP contribution in [0.25, 0.3) is 10.9 Å². The van der Waals surface area contributed by atoms with Crippen LogP contribution >= 0.6 is 0 Å². The largest absolute Gasteiger partial charge is 0.406 e. The molecule has 0 amide bonds. The smallest absolute Gasteiger partial charge is 0.281 e. The Morgan fingerprint density at radius 2 is 2.31 bits per heavy atom. The fourth-order valence-electron chi connectivity index (χ4n) is 1.43. The highest BCUT2D eigenvalue weighted by Gasteiger charge is 2.20. The first-order valence-electron chi connectivity index (χ1n) is 4.23. The SMILES string of the molecule is NOc1c(F)cc([N+](=O)[O-])c2cccnc12. The van der Waals surface area contributed by atoms with E-state index in [1.807, 2.05) is 0 Å². The molecule has 82 valence electrons. The molecule has 0 aliphatic heterocycles. The fourth-order valence-corrected chi connectivity index (χ4v) is 1.43. The molecule has 0 radical (unpaired) electrons. The van der Waals surface area contributed by atoms with Crippen LogP contribution in [0.3, 0.4) is 0 Å². The second kappa shape index (κ2) is 3.70. The number of benzene rings is 1.